The van der Waals surface area contributed by atoms with E-state index in [2.05, 4.69) is 0 Å². The Morgan fingerprint density at radius 1 is 1.04 bits per heavy atom. The Hall–Kier alpha value is -2.63. The second-order valence-electron chi connectivity index (χ2n) is 5.33. The number of carbonyl (C=O) groups is 2. The van der Waals surface area contributed by atoms with Crippen molar-refractivity contribution in [3.8, 4) is 0 Å². The van der Waals surface area contributed by atoms with Gasteiger partial charge in [0.2, 0.25) is 0 Å². The van der Waals surface area contributed by atoms with Crippen molar-refractivity contribution in [2.45, 2.75) is 13.3 Å². The van der Waals surface area contributed by atoms with E-state index in [1.54, 1.807) is 18.2 Å². The van der Waals surface area contributed by atoms with Gasteiger partial charge >= 0.3 is 0 Å². The van der Waals surface area contributed by atoms with Gasteiger partial charge in [-0.25, -0.2) is 13.2 Å². The van der Waals surface area contributed by atoms with Crippen LogP contribution >= 0.6 is 0 Å². The number of anilines is 1. The zero-order valence-corrected chi connectivity index (χ0v) is 12.2. The van der Waals surface area contributed by atoms with Crippen LogP contribution in [0.4, 0.5) is 18.9 Å². The molecule has 2 aromatic rings. The summed E-state index contributed by atoms with van der Waals surface area (Å²) in [7, 11) is 0. The minimum Gasteiger partial charge on any atom is -0.308 e. The van der Waals surface area contributed by atoms with Gasteiger partial charge in [0, 0.05) is 17.8 Å². The number of benzene rings is 2. The van der Waals surface area contributed by atoms with E-state index in [9.17, 15) is 22.8 Å². The monoisotopic (exact) mass is 319 g/mol. The number of carbonyl (C=O) groups excluding carboxylic acids is 2. The van der Waals surface area contributed by atoms with Gasteiger partial charge in [-0.3, -0.25) is 9.59 Å². The summed E-state index contributed by atoms with van der Waals surface area (Å²) in [4.78, 5) is 25.1. The van der Waals surface area contributed by atoms with E-state index in [1.165, 1.54) is 11.8 Å². The molecule has 3 rings (SSSR count). The minimum absolute atomic E-state index is 0.0933. The summed E-state index contributed by atoms with van der Waals surface area (Å²) in [6, 6.07) is 6.52. The fourth-order valence-electron chi connectivity index (χ4n) is 2.67. The lowest BCUT2D eigenvalue weighted by atomic mass is 10.1. The predicted molar refractivity (Wildman–Crippen MR) is 78.1 cm³/mol. The van der Waals surface area contributed by atoms with Crippen LogP contribution in [0.15, 0.2) is 30.3 Å². The molecule has 0 unspecified atom stereocenters. The van der Waals surface area contributed by atoms with Crippen LogP contribution in [0.5, 0.6) is 0 Å². The van der Waals surface area contributed by atoms with E-state index >= 15 is 0 Å². The highest BCUT2D eigenvalue weighted by atomic mass is 19.2. The second-order valence-corrected chi connectivity index (χ2v) is 5.33. The van der Waals surface area contributed by atoms with Gasteiger partial charge in [0.05, 0.1) is 5.56 Å². The number of halogens is 3. The van der Waals surface area contributed by atoms with Gasteiger partial charge in [-0.05, 0) is 49.2 Å². The summed E-state index contributed by atoms with van der Waals surface area (Å²) in [5.74, 6) is -5.34. The van der Waals surface area contributed by atoms with Gasteiger partial charge in [-0.1, -0.05) is 0 Å². The van der Waals surface area contributed by atoms with Crippen LogP contribution in [0, 0.1) is 17.5 Å². The molecule has 0 atom stereocenters. The maximum absolute atomic E-state index is 13.8. The topological polar surface area (TPSA) is 37.4 Å². The normalized spacial score (nSPS) is 13.1. The van der Waals surface area contributed by atoms with E-state index in [1.807, 2.05) is 0 Å². The Morgan fingerprint density at radius 3 is 2.48 bits per heavy atom. The molecule has 0 N–H and O–H groups in total. The lowest BCUT2D eigenvalue weighted by molar-refractivity contribution is 0.0982. The molecule has 0 saturated heterocycles. The highest BCUT2D eigenvalue weighted by Gasteiger charge is 2.29. The summed E-state index contributed by atoms with van der Waals surface area (Å²) in [6.45, 7) is 1.73. The van der Waals surface area contributed by atoms with Crippen molar-refractivity contribution in [1.82, 2.24) is 0 Å². The van der Waals surface area contributed by atoms with Gasteiger partial charge in [-0.15, -0.1) is 0 Å². The second kappa shape index (κ2) is 5.53. The fraction of sp³-hybridized carbons (Fsp3) is 0.176. The number of nitrogens with zero attached hydrogens (tertiary/aromatic N) is 1. The van der Waals surface area contributed by atoms with E-state index in [-0.39, 0.29) is 12.3 Å². The number of Topliss-reactive ketones (excluding diaryl/α,β-unsaturated/α-hetero) is 1. The molecule has 1 amide bonds. The Bertz CT molecular complexity index is 833. The van der Waals surface area contributed by atoms with Crippen molar-refractivity contribution in [3.63, 3.8) is 0 Å². The number of hydrogen-bond acceptors (Lipinski definition) is 2. The standard InChI is InChI=1S/C17H12F3NO2/c1-9(22)10-2-5-14-11(8-10)6-7-21(14)17(23)12-3-4-13(18)16(20)15(12)19/h2-5,8H,6-7H2,1H3. The van der Waals surface area contributed by atoms with Crippen LogP contribution in [-0.4, -0.2) is 18.2 Å². The average Bonchev–Trinajstić information content (AvgIpc) is 2.95. The lowest BCUT2D eigenvalue weighted by Gasteiger charge is -2.18. The highest BCUT2D eigenvalue weighted by Crippen LogP contribution is 2.31. The van der Waals surface area contributed by atoms with E-state index in [0.717, 1.165) is 17.7 Å². The van der Waals surface area contributed by atoms with Crippen LogP contribution in [0.25, 0.3) is 0 Å². The highest BCUT2D eigenvalue weighted by molar-refractivity contribution is 6.08. The molecule has 0 aliphatic carbocycles. The summed E-state index contributed by atoms with van der Waals surface area (Å²) < 4.78 is 40.1. The Labute approximate surface area is 130 Å². The predicted octanol–water partition coefficient (Wildman–Crippen LogP) is 3.51. The maximum atomic E-state index is 13.8. The third-order valence-corrected chi connectivity index (χ3v) is 3.89. The Morgan fingerprint density at radius 2 is 1.78 bits per heavy atom. The first-order valence-corrected chi connectivity index (χ1v) is 6.99. The van der Waals surface area contributed by atoms with Crippen molar-refractivity contribution in [2.24, 2.45) is 0 Å². The number of amides is 1. The first-order valence-electron chi connectivity index (χ1n) is 6.99. The first kappa shape index (κ1) is 15.3. The van der Waals surface area contributed by atoms with Gasteiger partial charge < -0.3 is 4.90 Å². The summed E-state index contributed by atoms with van der Waals surface area (Å²) in [5, 5.41) is 0. The molecule has 23 heavy (non-hydrogen) atoms. The van der Waals surface area contributed by atoms with E-state index < -0.39 is 28.9 Å². The number of fused-ring (bicyclic) bond motifs is 1. The van der Waals surface area contributed by atoms with Crippen molar-refractivity contribution in [3.05, 3.63) is 64.5 Å². The molecule has 6 heteroatoms. The number of rotatable bonds is 2. The molecule has 1 aliphatic heterocycles. The number of ketones is 1. The van der Waals surface area contributed by atoms with E-state index in [0.29, 0.717) is 17.7 Å². The lowest BCUT2D eigenvalue weighted by Crippen LogP contribution is -2.30. The van der Waals surface area contributed by atoms with Gasteiger partial charge in [0.25, 0.3) is 5.91 Å². The molecule has 0 aromatic heterocycles. The molecule has 0 radical (unpaired) electrons. The maximum Gasteiger partial charge on any atom is 0.261 e. The van der Waals surface area contributed by atoms with Crippen molar-refractivity contribution in [1.29, 1.82) is 0 Å². The number of hydrogen-bond donors (Lipinski definition) is 0. The molecular formula is C17H12F3NO2. The fourth-order valence-corrected chi connectivity index (χ4v) is 2.67. The SMILES string of the molecule is CC(=O)c1ccc2c(c1)CCN2C(=O)c1ccc(F)c(F)c1F. The van der Waals surface area contributed by atoms with Crippen LogP contribution in [0.3, 0.4) is 0 Å². The van der Waals surface area contributed by atoms with Crippen LogP contribution < -0.4 is 4.90 Å². The van der Waals surface area contributed by atoms with Gasteiger partial charge in [-0.2, -0.15) is 0 Å². The molecule has 118 valence electrons. The molecule has 0 fully saturated rings. The van der Waals surface area contributed by atoms with E-state index in [4.69, 9.17) is 0 Å². The Kier molecular flexibility index (Phi) is 3.67. The van der Waals surface area contributed by atoms with Crippen molar-refractivity contribution >= 4 is 17.4 Å². The summed E-state index contributed by atoms with van der Waals surface area (Å²) in [5.41, 5.74) is 1.34. The summed E-state index contributed by atoms with van der Waals surface area (Å²) >= 11 is 0. The quantitative estimate of drug-likeness (QED) is 0.627. The molecule has 3 nitrogen and oxygen atoms in total. The third-order valence-electron chi connectivity index (χ3n) is 3.89. The molecule has 0 saturated carbocycles. The first-order chi connectivity index (χ1) is 10.9. The zero-order valence-electron chi connectivity index (χ0n) is 12.2. The Balaban J connectivity index is 1.98. The van der Waals surface area contributed by atoms with Crippen molar-refractivity contribution < 1.29 is 22.8 Å². The van der Waals surface area contributed by atoms with Crippen molar-refractivity contribution in [2.75, 3.05) is 11.4 Å². The van der Waals surface area contributed by atoms with Crippen LogP contribution in [-0.2, 0) is 6.42 Å². The molecule has 1 aliphatic rings. The zero-order chi connectivity index (χ0) is 16.7. The van der Waals surface area contributed by atoms with Crippen LogP contribution in [0.1, 0.15) is 33.2 Å². The molecular weight excluding hydrogens is 307 g/mol. The van der Waals surface area contributed by atoms with Gasteiger partial charge in [0.1, 0.15) is 0 Å². The molecule has 2 aromatic carbocycles. The third kappa shape index (κ3) is 2.50. The van der Waals surface area contributed by atoms with Gasteiger partial charge in [0.15, 0.2) is 23.2 Å². The molecule has 0 spiro atoms. The van der Waals surface area contributed by atoms with Crippen LogP contribution in [0.2, 0.25) is 0 Å². The largest absolute Gasteiger partial charge is 0.308 e. The molecule has 1 heterocycles. The smallest absolute Gasteiger partial charge is 0.261 e. The molecule has 0 bridgehead atoms. The minimum atomic E-state index is -1.66. The average molecular weight is 319 g/mol. The summed E-state index contributed by atoms with van der Waals surface area (Å²) in [6.07, 6.45) is 0.507.